The Labute approximate surface area is 196 Å². The highest BCUT2D eigenvalue weighted by molar-refractivity contribution is 5.87. The SMILES string of the molecule is CCCCNC(=O)C(C)N(Cc1cccc(OC)c1)C(=O)CCc1ccc2c(c1)OCCO2. The van der Waals surface area contributed by atoms with E-state index >= 15 is 0 Å². The van der Waals surface area contributed by atoms with Crippen LogP contribution in [0.1, 0.15) is 44.2 Å². The van der Waals surface area contributed by atoms with Gasteiger partial charge in [-0.25, -0.2) is 0 Å². The number of carbonyl (C=O) groups is 2. The molecule has 0 bridgehead atoms. The van der Waals surface area contributed by atoms with Gasteiger partial charge in [0.05, 0.1) is 7.11 Å². The molecular formula is C26H34N2O5. The number of nitrogens with one attached hydrogen (secondary N) is 1. The van der Waals surface area contributed by atoms with Gasteiger partial charge < -0.3 is 24.4 Å². The predicted molar refractivity (Wildman–Crippen MR) is 127 cm³/mol. The Bertz CT molecular complexity index is 946. The van der Waals surface area contributed by atoms with E-state index in [-0.39, 0.29) is 18.2 Å². The molecule has 7 nitrogen and oxygen atoms in total. The Balaban J connectivity index is 1.71. The highest BCUT2D eigenvalue weighted by Gasteiger charge is 2.26. The first-order chi connectivity index (χ1) is 16.0. The molecule has 0 fully saturated rings. The van der Waals surface area contributed by atoms with Gasteiger partial charge in [-0.2, -0.15) is 0 Å². The lowest BCUT2D eigenvalue weighted by Gasteiger charge is -2.29. The third-order valence-electron chi connectivity index (χ3n) is 5.72. The molecule has 3 rings (SSSR count). The molecule has 0 radical (unpaired) electrons. The molecule has 178 valence electrons. The lowest BCUT2D eigenvalue weighted by atomic mass is 10.1. The van der Waals surface area contributed by atoms with Gasteiger partial charge in [0.25, 0.3) is 0 Å². The highest BCUT2D eigenvalue weighted by atomic mass is 16.6. The van der Waals surface area contributed by atoms with Crippen LogP contribution in [0, 0.1) is 0 Å². The number of hydrogen-bond acceptors (Lipinski definition) is 5. The standard InChI is InChI=1S/C26H34N2O5/c1-4-5-13-27-26(30)19(2)28(18-21-7-6-8-22(16-21)31-3)25(29)12-10-20-9-11-23-24(17-20)33-15-14-32-23/h6-9,11,16-17,19H,4-5,10,12-15,18H2,1-3H3,(H,27,30). The summed E-state index contributed by atoms with van der Waals surface area (Å²) in [6.45, 7) is 5.86. The number of benzene rings is 2. The van der Waals surface area contributed by atoms with Crippen molar-refractivity contribution in [1.82, 2.24) is 10.2 Å². The number of rotatable bonds is 11. The van der Waals surface area contributed by atoms with Crippen molar-refractivity contribution in [3.05, 3.63) is 53.6 Å². The first-order valence-electron chi connectivity index (χ1n) is 11.6. The van der Waals surface area contributed by atoms with Gasteiger partial charge >= 0.3 is 0 Å². The summed E-state index contributed by atoms with van der Waals surface area (Å²) in [4.78, 5) is 27.7. The molecule has 1 N–H and O–H groups in total. The molecule has 1 heterocycles. The van der Waals surface area contributed by atoms with Crippen LogP contribution in [0.5, 0.6) is 17.2 Å². The van der Waals surface area contributed by atoms with Crippen LogP contribution in [-0.2, 0) is 22.6 Å². The monoisotopic (exact) mass is 454 g/mol. The third-order valence-corrected chi connectivity index (χ3v) is 5.72. The molecule has 1 aliphatic rings. The maximum absolute atomic E-state index is 13.3. The van der Waals surface area contributed by atoms with Gasteiger partial charge in [0.1, 0.15) is 25.0 Å². The molecule has 0 saturated carbocycles. The summed E-state index contributed by atoms with van der Waals surface area (Å²) in [5.41, 5.74) is 1.91. The van der Waals surface area contributed by atoms with Gasteiger partial charge in [0.2, 0.25) is 11.8 Å². The maximum Gasteiger partial charge on any atom is 0.242 e. The number of hydrogen-bond donors (Lipinski definition) is 1. The zero-order valence-electron chi connectivity index (χ0n) is 19.8. The van der Waals surface area contributed by atoms with Gasteiger partial charge in [-0.15, -0.1) is 0 Å². The zero-order chi connectivity index (χ0) is 23.6. The van der Waals surface area contributed by atoms with E-state index < -0.39 is 6.04 Å². The molecule has 2 amide bonds. The van der Waals surface area contributed by atoms with E-state index in [4.69, 9.17) is 14.2 Å². The van der Waals surface area contributed by atoms with Crippen LogP contribution in [0.2, 0.25) is 0 Å². The Hall–Kier alpha value is -3.22. The van der Waals surface area contributed by atoms with Crippen LogP contribution >= 0.6 is 0 Å². The minimum atomic E-state index is -0.583. The second-order valence-electron chi connectivity index (χ2n) is 8.17. The molecule has 1 atom stereocenters. The van der Waals surface area contributed by atoms with E-state index in [2.05, 4.69) is 12.2 Å². The Morgan fingerprint density at radius 3 is 2.64 bits per heavy atom. The number of ether oxygens (including phenoxy) is 3. The van der Waals surface area contributed by atoms with Gasteiger partial charge in [0.15, 0.2) is 11.5 Å². The quantitative estimate of drug-likeness (QED) is 0.524. The molecule has 1 aliphatic heterocycles. The van der Waals surface area contributed by atoms with Crippen molar-refractivity contribution in [2.45, 2.75) is 52.1 Å². The number of nitrogens with zero attached hydrogens (tertiary/aromatic N) is 1. The number of carbonyl (C=O) groups excluding carboxylic acids is 2. The van der Waals surface area contributed by atoms with Crippen molar-refractivity contribution in [2.24, 2.45) is 0 Å². The number of aryl methyl sites for hydroxylation is 1. The van der Waals surface area contributed by atoms with Crippen LogP contribution in [0.4, 0.5) is 0 Å². The van der Waals surface area contributed by atoms with Crippen molar-refractivity contribution >= 4 is 11.8 Å². The van der Waals surface area contributed by atoms with Crippen LogP contribution in [-0.4, -0.2) is 49.6 Å². The summed E-state index contributed by atoms with van der Waals surface area (Å²) >= 11 is 0. The summed E-state index contributed by atoms with van der Waals surface area (Å²) in [5.74, 6) is 1.94. The molecule has 0 spiro atoms. The normalized spacial score (nSPS) is 13.2. The third kappa shape index (κ3) is 6.88. The smallest absolute Gasteiger partial charge is 0.242 e. The molecule has 1 unspecified atom stereocenters. The van der Waals surface area contributed by atoms with Gasteiger partial charge in [-0.3, -0.25) is 9.59 Å². The van der Waals surface area contributed by atoms with Crippen LogP contribution in [0.25, 0.3) is 0 Å². The molecular weight excluding hydrogens is 420 g/mol. The molecule has 0 aromatic heterocycles. The Kier molecular flexibility index (Phi) is 8.98. The number of methoxy groups -OCH3 is 1. The van der Waals surface area contributed by atoms with E-state index in [0.717, 1.165) is 35.5 Å². The molecule has 0 saturated heterocycles. The van der Waals surface area contributed by atoms with Crippen molar-refractivity contribution in [1.29, 1.82) is 0 Å². The van der Waals surface area contributed by atoms with Gasteiger partial charge in [-0.05, 0) is 55.2 Å². The molecule has 0 aliphatic carbocycles. The van der Waals surface area contributed by atoms with Crippen molar-refractivity contribution < 1.29 is 23.8 Å². The topological polar surface area (TPSA) is 77.1 Å². The second-order valence-corrected chi connectivity index (χ2v) is 8.17. The summed E-state index contributed by atoms with van der Waals surface area (Å²) in [6.07, 6.45) is 2.74. The maximum atomic E-state index is 13.3. The first-order valence-corrected chi connectivity index (χ1v) is 11.6. The minimum absolute atomic E-state index is 0.0779. The fourth-order valence-corrected chi connectivity index (χ4v) is 3.72. The molecule has 2 aromatic carbocycles. The van der Waals surface area contributed by atoms with E-state index in [1.807, 2.05) is 42.5 Å². The van der Waals surface area contributed by atoms with Gasteiger partial charge in [-0.1, -0.05) is 31.5 Å². The van der Waals surface area contributed by atoms with Crippen LogP contribution in [0.15, 0.2) is 42.5 Å². The van der Waals surface area contributed by atoms with Gasteiger partial charge in [0, 0.05) is 19.5 Å². The summed E-state index contributed by atoms with van der Waals surface area (Å²) in [7, 11) is 1.61. The molecule has 7 heteroatoms. The number of unbranched alkanes of at least 4 members (excludes halogenated alkanes) is 1. The van der Waals surface area contributed by atoms with E-state index in [9.17, 15) is 9.59 Å². The fourth-order valence-electron chi connectivity index (χ4n) is 3.72. The lowest BCUT2D eigenvalue weighted by Crippen LogP contribution is -2.47. The Morgan fingerprint density at radius 1 is 1.09 bits per heavy atom. The molecule has 2 aromatic rings. The van der Waals surface area contributed by atoms with E-state index in [0.29, 0.717) is 38.5 Å². The average Bonchev–Trinajstić information content (AvgIpc) is 2.85. The summed E-state index contributed by atoms with van der Waals surface area (Å²) in [5, 5.41) is 2.95. The molecule has 33 heavy (non-hydrogen) atoms. The van der Waals surface area contributed by atoms with Crippen molar-refractivity contribution in [2.75, 3.05) is 26.9 Å². The fraction of sp³-hybridized carbons (Fsp3) is 0.462. The van der Waals surface area contributed by atoms with Crippen LogP contribution in [0.3, 0.4) is 0 Å². The van der Waals surface area contributed by atoms with E-state index in [1.54, 1.807) is 18.9 Å². The Morgan fingerprint density at radius 2 is 1.88 bits per heavy atom. The predicted octanol–water partition coefficient (Wildman–Crippen LogP) is 3.73. The number of amides is 2. The summed E-state index contributed by atoms with van der Waals surface area (Å²) in [6, 6.07) is 12.8. The minimum Gasteiger partial charge on any atom is -0.497 e. The van der Waals surface area contributed by atoms with Crippen LogP contribution < -0.4 is 19.5 Å². The van der Waals surface area contributed by atoms with Crippen molar-refractivity contribution in [3.8, 4) is 17.2 Å². The number of fused-ring (bicyclic) bond motifs is 1. The zero-order valence-corrected chi connectivity index (χ0v) is 19.8. The van der Waals surface area contributed by atoms with Crippen molar-refractivity contribution in [3.63, 3.8) is 0 Å². The first kappa shape index (κ1) is 24.4. The highest BCUT2D eigenvalue weighted by Crippen LogP contribution is 2.31. The largest absolute Gasteiger partial charge is 0.497 e. The average molecular weight is 455 g/mol. The lowest BCUT2D eigenvalue weighted by molar-refractivity contribution is -0.140. The second kappa shape index (κ2) is 12.1. The van der Waals surface area contributed by atoms with E-state index in [1.165, 1.54) is 0 Å². The summed E-state index contributed by atoms with van der Waals surface area (Å²) < 4.78 is 16.5.